The van der Waals surface area contributed by atoms with Crippen LogP contribution >= 0.6 is 27.3 Å². The number of benzene rings is 1. The smallest absolute Gasteiger partial charge is 0.254 e. The van der Waals surface area contributed by atoms with Gasteiger partial charge in [-0.3, -0.25) is 4.79 Å². The van der Waals surface area contributed by atoms with E-state index in [1.165, 1.54) is 23.1 Å². The standard InChI is InChI=1S/C15H15BrFNOS/c1-10(8-12-4-3-7-20-12)18(2)15(19)13-6-5-11(17)9-14(13)16/h3-7,9-10H,8H2,1-2H3. The summed E-state index contributed by atoms with van der Waals surface area (Å²) in [4.78, 5) is 15.4. The summed E-state index contributed by atoms with van der Waals surface area (Å²) in [6.45, 7) is 2.01. The van der Waals surface area contributed by atoms with Crippen molar-refractivity contribution in [3.05, 3.63) is 56.4 Å². The average molecular weight is 356 g/mol. The van der Waals surface area contributed by atoms with Crippen LogP contribution in [-0.4, -0.2) is 23.9 Å². The Labute approximate surface area is 130 Å². The zero-order chi connectivity index (χ0) is 14.7. The van der Waals surface area contributed by atoms with Crippen LogP contribution in [0.15, 0.2) is 40.2 Å². The van der Waals surface area contributed by atoms with Crippen molar-refractivity contribution in [3.8, 4) is 0 Å². The number of rotatable bonds is 4. The van der Waals surface area contributed by atoms with E-state index in [1.54, 1.807) is 23.3 Å². The molecule has 1 aromatic carbocycles. The summed E-state index contributed by atoms with van der Waals surface area (Å²) in [5, 5.41) is 2.03. The summed E-state index contributed by atoms with van der Waals surface area (Å²) in [7, 11) is 1.77. The molecule has 106 valence electrons. The van der Waals surface area contributed by atoms with Crippen molar-refractivity contribution in [1.82, 2.24) is 4.90 Å². The Morgan fingerprint density at radius 3 is 2.80 bits per heavy atom. The summed E-state index contributed by atoms with van der Waals surface area (Å²) in [6, 6.07) is 8.27. The second kappa shape index (κ2) is 6.50. The fraction of sp³-hybridized carbons (Fsp3) is 0.267. The highest BCUT2D eigenvalue weighted by Gasteiger charge is 2.20. The molecule has 5 heteroatoms. The predicted octanol–water partition coefficient (Wildman–Crippen LogP) is 4.35. The van der Waals surface area contributed by atoms with Gasteiger partial charge in [-0.1, -0.05) is 6.07 Å². The SMILES string of the molecule is CC(Cc1cccs1)N(C)C(=O)c1ccc(F)cc1Br. The van der Waals surface area contributed by atoms with E-state index in [1.807, 2.05) is 18.4 Å². The van der Waals surface area contributed by atoms with Gasteiger partial charge < -0.3 is 4.90 Å². The van der Waals surface area contributed by atoms with Crippen LogP contribution in [0.25, 0.3) is 0 Å². The van der Waals surface area contributed by atoms with Gasteiger partial charge in [-0.15, -0.1) is 11.3 Å². The molecule has 1 atom stereocenters. The van der Waals surface area contributed by atoms with Gasteiger partial charge in [0.05, 0.1) is 5.56 Å². The number of likely N-dealkylation sites (N-methyl/N-ethyl adjacent to an activating group) is 1. The first-order valence-electron chi connectivity index (χ1n) is 6.23. The molecule has 0 fully saturated rings. The molecule has 2 rings (SSSR count). The minimum atomic E-state index is -0.359. The Hall–Kier alpha value is -1.20. The fourth-order valence-corrected chi connectivity index (χ4v) is 3.26. The topological polar surface area (TPSA) is 20.3 Å². The Kier molecular flexibility index (Phi) is 4.94. The van der Waals surface area contributed by atoms with Crippen LogP contribution in [0.1, 0.15) is 22.2 Å². The number of amides is 1. The Balaban J connectivity index is 2.11. The molecule has 0 aliphatic rings. The van der Waals surface area contributed by atoms with Crippen LogP contribution < -0.4 is 0 Å². The van der Waals surface area contributed by atoms with E-state index in [0.29, 0.717) is 10.0 Å². The van der Waals surface area contributed by atoms with Crippen LogP contribution in [0.5, 0.6) is 0 Å². The van der Waals surface area contributed by atoms with E-state index in [9.17, 15) is 9.18 Å². The van der Waals surface area contributed by atoms with Crippen LogP contribution in [-0.2, 0) is 6.42 Å². The molecule has 0 aliphatic heterocycles. The molecule has 0 bridgehead atoms. The lowest BCUT2D eigenvalue weighted by atomic mass is 10.1. The van der Waals surface area contributed by atoms with Crippen LogP contribution in [0.3, 0.4) is 0 Å². The molecule has 1 amide bonds. The molecular weight excluding hydrogens is 341 g/mol. The van der Waals surface area contributed by atoms with Gasteiger partial charge in [-0.2, -0.15) is 0 Å². The summed E-state index contributed by atoms with van der Waals surface area (Å²) >= 11 is 4.92. The lowest BCUT2D eigenvalue weighted by molar-refractivity contribution is 0.0743. The molecule has 0 saturated carbocycles. The van der Waals surface area contributed by atoms with Gasteiger partial charge in [0, 0.05) is 28.9 Å². The molecule has 1 heterocycles. The van der Waals surface area contributed by atoms with Gasteiger partial charge in [-0.25, -0.2) is 4.39 Å². The number of nitrogens with zero attached hydrogens (tertiary/aromatic N) is 1. The average Bonchev–Trinajstić information content (AvgIpc) is 2.90. The molecule has 0 aliphatic carbocycles. The van der Waals surface area contributed by atoms with Crippen molar-refractivity contribution >= 4 is 33.2 Å². The van der Waals surface area contributed by atoms with E-state index < -0.39 is 0 Å². The number of thiophene rings is 1. The molecule has 0 N–H and O–H groups in total. The number of carbonyl (C=O) groups excluding carboxylic acids is 1. The second-order valence-corrected chi connectivity index (χ2v) is 6.56. The van der Waals surface area contributed by atoms with Gasteiger partial charge in [-0.05, 0) is 52.5 Å². The monoisotopic (exact) mass is 355 g/mol. The zero-order valence-electron chi connectivity index (χ0n) is 11.3. The van der Waals surface area contributed by atoms with Gasteiger partial charge in [0.1, 0.15) is 5.82 Å². The Morgan fingerprint density at radius 1 is 1.45 bits per heavy atom. The van der Waals surface area contributed by atoms with Crippen molar-refractivity contribution < 1.29 is 9.18 Å². The van der Waals surface area contributed by atoms with E-state index in [4.69, 9.17) is 0 Å². The molecule has 0 saturated heterocycles. The van der Waals surface area contributed by atoms with Gasteiger partial charge in [0.15, 0.2) is 0 Å². The molecule has 2 nitrogen and oxygen atoms in total. The van der Waals surface area contributed by atoms with Crippen molar-refractivity contribution in [3.63, 3.8) is 0 Å². The van der Waals surface area contributed by atoms with Crippen LogP contribution in [0.2, 0.25) is 0 Å². The zero-order valence-corrected chi connectivity index (χ0v) is 13.7. The highest BCUT2D eigenvalue weighted by molar-refractivity contribution is 9.10. The largest absolute Gasteiger partial charge is 0.339 e. The first-order chi connectivity index (χ1) is 9.49. The first kappa shape index (κ1) is 15.2. The summed E-state index contributed by atoms with van der Waals surface area (Å²) in [5.74, 6) is -0.469. The minimum absolute atomic E-state index is 0.0816. The van der Waals surface area contributed by atoms with Crippen LogP contribution in [0.4, 0.5) is 4.39 Å². The van der Waals surface area contributed by atoms with E-state index in [0.717, 1.165) is 6.42 Å². The minimum Gasteiger partial charge on any atom is -0.339 e. The molecule has 20 heavy (non-hydrogen) atoms. The van der Waals surface area contributed by atoms with E-state index in [2.05, 4.69) is 22.0 Å². The molecule has 1 aromatic heterocycles. The van der Waals surface area contributed by atoms with E-state index >= 15 is 0 Å². The Bertz CT molecular complexity index is 600. The highest BCUT2D eigenvalue weighted by atomic mass is 79.9. The third-order valence-corrected chi connectivity index (χ3v) is 4.77. The van der Waals surface area contributed by atoms with E-state index in [-0.39, 0.29) is 17.8 Å². The van der Waals surface area contributed by atoms with Crippen molar-refractivity contribution in [1.29, 1.82) is 0 Å². The fourth-order valence-electron chi connectivity index (χ4n) is 1.91. The predicted molar refractivity (Wildman–Crippen MR) is 83.7 cm³/mol. The maximum absolute atomic E-state index is 13.1. The van der Waals surface area contributed by atoms with Crippen molar-refractivity contribution in [2.45, 2.75) is 19.4 Å². The van der Waals surface area contributed by atoms with Crippen molar-refractivity contribution in [2.75, 3.05) is 7.05 Å². The number of carbonyl (C=O) groups is 1. The third-order valence-electron chi connectivity index (χ3n) is 3.22. The van der Waals surface area contributed by atoms with Gasteiger partial charge in [0.25, 0.3) is 5.91 Å². The first-order valence-corrected chi connectivity index (χ1v) is 7.91. The number of hydrogen-bond acceptors (Lipinski definition) is 2. The molecule has 0 radical (unpaired) electrons. The normalized spacial score (nSPS) is 12.2. The summed E-state index contributed by atoms with van der Waals surface area (Å²) < 4.78 is 13.6. The molecular formula is C15H15BrFNOS. The molecule has 1 unspecified atom stereocenters. The second-order valence-electron chi connectivity index (χ2n) is 4.67. The quantitative estimate of drug-likeness (QED) is 0.798. The van der Waals surface area contributed by atoms with Gasteiger partial charge in [0.2, 0.25) is 0 Å². The van der Waals surface area contributed by atoms with Gasteiger partial charge >= 0.3 is 0 Å². The van der Waals surface area contributed by atoms with Crippen molar-refractivity contribution in [2.24, 2.45) is 0 Å². The Morgan fingerprint density at radius 2 is 2.20 bits per heavy atom. The summed E-state index contributed by atoms with van der Waals surface area (Å²) in [6.07, 6.45) is 0.818. The maximum atomic E-state index is 13.1. The lowest BCUT2D eigenvalue weighted by Crippen LogP contribution is -2.36. The summed E-state index contributed by atoms with van der Waals surface area (Å²) in [5.41, 5.74) is 0.479. The van der Waals surface area contributed by atoms with Crippen LogP contribution in [0, 0.1) is 5.82 Å². The highest BCUT2D eigenvalue weighted by Crippen LogP contribution is 2.21. The third kappa shape index (κ3) is 3.46. The molecule has 0 spiro atoms. The lowest BCUT2D eigenvalue weighted by Gasteiger charge is -2.25. The maximum Gasteiger partial charge on any atom is 0.254 e. The molecule has 2 aromatic rings. The number of halogens is 2. The number of hydrogen-bond donors (Lipinski definition) is 0.